The quantitative estimate of drug-likeness (QED) is 0.537. The molecule has 0 fully saturated rings. The van der Waals surface area contributed by atoms with Gasteiger partial charge in [0.2, 0.25) is 0 Å². The van der Waals surface area contributed by atoms with Gasteiger partial charge in [0.05, 0.1) is 18.1 Å². The summed E-state index contributed by atoms with van der Waals surface area (Å²) < 4.78 is 10.3. The van der Waals surface area contributed by atoms with E-state index in [4.69, 9.17) is 14.6 Å². The largest absolute Gasteiger partial charge is 0.490 e. The average Bonchev–Trinajstić information content (AvgIpc) is 2.42. The molecule has 7 heteroatoms. The molecule has 0 saturated heterocycles. The molecule has 2 N–H and O–H groups in total. The van der Waals surface area contributed by atoms with E-state index in [2.05, 4.69) is 0 Å². The van der Waals surface area contributed by atoms with Gasteiger partial charge in [-0.25, -0.2) is 0 Å². The summed E-state index contributed by atoms with van der Waals surface area (Å²) in [4.78, 5) is 10.0. The van der Waals surface area contributed by atoms with Crippen molar-refractivity contribution < 1.29 is 24.6 Å². The summed E-state index contributed by atoms with van der Waals surface area (Å²) >= 11 is 0. The second-order valence-corrected chi connectivity index (χ2v) is 3.83. The number of hydrogen-bond acceptors (Lipinski definition) is 6. The minimum absolute atomic E-state index is 0.00912. The molecule has 0 heterocycles. The van der Waals surface area contributed by atoms with E-state index < -0.39 is 11.0 Å². The van der Waals surface area contributed by atoms with E-state index in [1.807, 2.05) is 6.92 Å². The van der Waals surface area contributed by atoms with Crippen LogP contribution in [0.3, 0.4) is 0 Å². The predicted molar refractivity (Wildman–Crippen MR) is 67.0 cm³/mol. The lowest BCUT2D eigenvalue weighted by atomic mass is 10.2. The molecule has 0 radical (unpaired) electrons. The maximum absolute atomic E-state index is 10.6. The Morgan fingerprint density at radius 1 is 1.42 bits per heavy atom. The monoisotopic (exact) mass is 271 g/mol. The molecular weight excluding hydrogens is 254 g/mol. The van der Waals surface area contributed by atoms with E-state index in [9.17, 15) is 15.2 Å². The first-order chi connectivity index (χ1) is 9.08. The highest BCUT2D eigenvalue weighted by Crippen LogP contribution is 2.24. The van der Waals surface area contributed by atoms with Crippen LogP contribution in [0.4, 0.5) is 5.69 Å². The van der Waals surface area contributed by atoms with E-state index in [0.29, 0.717) is 17.9 Å². The Morgan fingerprint density at radius 3 is 2.74 bits per heavy atom. The van der Waals surface area contributed by atoms with Crippen LogP contribution in [0.1, 0.15) is 12.5 Å². The predicted octanol–water partition coefficient (Wildman–Crippen LogP) is 0.863. The zero-order valence-corrected chi connectivity index (χ0v) is 10.6. The lowest BCUT2D eigenvalue weighted by Crippen LogP contribution is -2.23. The van der Waals surface area contributed by atoms with E-state index in [0.717, 1.165) is 0 Å². The van der Waals surface area contributed by atoms with Crippen LogP contribution in [0.2, 0.25) is 0 Å². The molecule has 1 rings (SSSR count). The van der Waals surface area contributed by atoms with E-state index in [1.54, 1.807) is 0 Å². The molecule has 7 nitrogen and oxygen atoms in total. The van der Waals surface area contributed by atoms with Crippen LogP contribution in [0.15, 0.2) is 18.2 Å². The Balaban J connectivity index is 2.65. The van der Waals surface area contributed by atoms with Gasteiger partial charge in [-0.1, -0.05) is 0 Å². The van der Waals surface area contributed by atoms with Crippen LogP contribution < -0.4 is 4.74 Å². The number of nitrogens with zero attached hydrogens (tertiary/aromatic N) is 1. The van der Waals surface area contributed by atoms with Crippen molar-refractivity contribution in [2.24, 2.45) is 0 Å². The molecule has 0 spiro atoms. The summed E-state index contributed by atoms with van der Waals surface area (Å²) in [5.74, 6) is 0.309. The topological polar surface area (TPSA) is 102 Å². The molecule has 0 bridgehead atoms. The fraction of sp³-hybridized carbons (Fsp3) is 0.500. The first-order valence-electron chi connectivity index (χ1n) is 5.85. The molecule has 0 aromatic heterocycles. The number of nitro groups is 1. The first-order valence-corrected chi connectivity index (χ1v) is 5.85. The average molecular weight is 271 g/mol. The smallest absolute Gasteiger partial charge is 0.270 e. The standard InChI is InChI=1S/C12H17NO6/c1-2-18-7-11(15)8-19-12-4-3-10(13(16)17)5-9(12)6-14/h3-5,11,14-15H,2,6-8H2,1H3. The van der Waals surface area contributed by atoms with Crippen molar-refractivity contribution in [3.05, 3.63) is 33.9 Å². The van der Waals surface area contributed by atoms with Crippen LogP contribution in [0, 0.1) is 10.1 Å². The SMILES string of the molecule is CCOCC(O)COc1ccc([N+](=O)[O-])cc1CO. The van der Waals surface area contributed by atoms with Crippen LogP contribution in [-0.2, 0) is 11.3 Å². The summed E-state index contributed by atoms with van der Waals surface area (Å²) in [5.41, 5.74) is 0.184. The van der Waals surface area contributed by atoms with Gasteiger partial charge in [-0.05, 0) is 13.0 Å². The van der Waals surface area contributed by atoms with Crippen LogP contribution in [0.5, 0.6) is 5.75 Å². The molecule has 0 aliphatic carbocycles. The normalized spacial score (nSPS) is 12.2. The highest BCUT2D eigenvalue weighted by Gasteiger charge is 2.12. The second-order valence-electron chi connectivity index (χ2n) is 3.83. The van der Waals surface area contributed by atoms with Crippen molar-refractivity contribution in [3.63, 3.8) is 0 Å². The number of nitro benzene ring substituents is 1. The Morgan fingerprint density at radius 2 is 2.16 bits per heavy atom. The van der Waals surface area contributed by atoms with E-state index >= 15 is 0 Å². The molecule has 106 valence electrons. The summed E-state index contributed by atoms with van der Waals surface area (Å²) in [6, 6.07) is 3.92. The van der Waals surface area contributed by atoms with Gasteiger partial charge < -0.3 is 19.7 Å². The van der Waals surface area contributed by atoms with Crippen molar-refractivity contribution in [1.29, 1.82) is 0 Å². The molecule has 19 heavy (non-hydrogen) atoms. The molecule has 1 unspecified atom stereocenters. The summed E-state index contributed by atoms with van der Waals surface area (Å²) in [5, 5.41) is 29.3. The maximum Gasteiger partial charge on any atom is 0.270 e. The van der Waals surface area contributed by atoms with Crippen molar-refractivity contribution in [1.82, 2.24) is 0 Å². The van der Waals surface area contributed by atoms with Gasteiger partial charge in [0.25, 0.3) is 5.69 Å². The van der Waals surface area contributed by atoms with Gasteiger partial charge >= 0.3 is 0 Å². The van der Waals surface area contributed by atoms with Crippen molar-refractivity contribution in [2.75, 3.05) is 19.8 Å². The number of hydrogen-bond donors (Lipinski definition) is 2. The Hall–Kier alpha value is -1.70. The molecule has 1 aromatic rings. The zero-order valence-electron chi connectivity index (χ0n) is 10.6. The Labute approximate surface area is 110 Å². The molecule has 0 aliphatic heterocycles. The number of non-ortho nitro benzene ring substituents is 1. The lowest BCUT2D eigenvalue weighted by Gasteiger charge is -2.14. The number of benzene rings is 1. The van der Waals surface area contributed by atoms with Gasteiger partial charge in [-0.15, -0.1) is 0 Å². The second kappa shape index (κ2) is 7.67. The lowest BCUT2D eigenvalue weighted by molar-refractivity contribution is -0.385. The third-order valence-corrected chi connectivity index (χ3v) is 2.37. The molecule has 0 saturated carbocycles. The van der Waals surface area contributed by atoms with Crippen molar-refractivity contribution in [2.45, 2.75) is 19.6 Å². The number of aliphatic hydroxyl groups is 2. The van der Waals surface area contributed by atoms with Crippen molar-refractivity contribution >= 4 is 5.69 Å². The summed E-state index contributed by atoms with van der Waals surface area (Å²) in [7, 11) is 0. The van der Waals surface area contributed by atoms with E-state index in [-0.39, 0.29) is 25.5 Å². The van der Waals surface area contributed by atoms with Gasteiger partial charge in [-0.2, -0.15) is 0 Å². The Bertz CT molecular complexity index is 423. The number of aliphatic hydroxyl groups excluding tert-OH is 2. The van der Waals surface area contributed by atoms with Gasteiger partial charge in [0.1, 0.15) is 18.5 Å². The Kier molecular flexibility index (Phi) is 6.20. The fourth-order valence-electron chi connectivity index (χ4n) is 1.43. The van der Waals surface area contributed by atoms with Gasteiger partial charge in [-0.3, -0.25) is 10.1 Å². The minimum atomic E-state index is -0.790. The molecule has 1 aromatic carbocycles. The third kappa shape index (κ3) is 4.82. The zero-order chi connectivity index (χ0) is 14.3. The van der Waals surface area contributed by atoms with Gasteiger partial charge in [0, 0.05) is 24.3 Å². The van der Waals surface area contributed by atoms with Crippen LogP contribution in [0.25, 0.3) is 0 Å². The highest BCUT2D eigenvalue weighted by atomic mass is 16.6. The number of ether oxygens (including phenoxy) is 2. The molecular formula is C12H17NO6. The molecule has 0 amide bonds. The number of rotatable bonds is 8. The summed E-state index contributed by atoms with van der Waals surface area (Å²) in [6.45, 7) is 2.07. The maximum atomic E-state index is 10.6. The minimum Gasteiger partial charge on any atom is -0.490 e. The van der Waals surface area contributed by atoms with Crippen LogP contribution in [-0.4, -0.2) is 41.1 Å². The van der Waals surface area contributed by atoms with Gasteiger partial charge in [0.15, 0.2) is 0 Å². The first kappa shape index (κ1) is 15.4. The summed E-state index contributed by atoms with van der Waals surface area (Å²) in [6.07, 6.45) is -0.790. The highest BCUT2D eigenvalue weighted by molar-refractivity contribution is 5.43. The van der Waals surface area contributed by atoms with Crippen molar-refractivity contribution in [3.8, 4) is 5.75 Å². The molecule has 0 aliphatic rings. The van der Waals surface area contributed by atoms with Crippen LogP contribution >= 0.6 is 0 Å². The molecule has 1 atom stereocenters. The fourth-order valence-corrected chi connectivity index (χ4v) is 1.43. The third-order valence-electron chi connectivity index (χ3n) is 2.37. The van der Waals surface area contributed by atoms with E-state index in [1.165, 1.54) is 18.2 Å².